The number of halogens is 4. The molecule has 0 amide bonds. The maximum absolute atomic E-state index is 12.0. The Morgan fingerprint density at radius 3 is 2.68 bits per heavy atom. The second-order valence-electron chi connectivity index (χ2n) is 3.69. The van der Waals surface area contributed by atoms with Crippen LogP contribution in [0.3, 0.4) is 0 Å². The minimum absolute atomic E-state index is 0. The third-order valence-corrected chi connectivity index (χ3v) is 2.16. The summed E-state index contributed by atoms with van der Waals surface area (Å²) in [6.45, 7) is 0.196. The van der Waals surface area contributed by atoms with Gasteiger partial charge < -0.3 is 14.7 Å². The van der Waals surface area contributed by atoms with E-state index in [0.717, 1.165) is 0 Å². The van der Waals surface area contributed by atoms with Crippen molar-refractivity contribution in [2.75, 3.05) is 20.6 Å². The molecule has 110 valence electrons. The molecule has 0 saturated carbocycles. The molecule has 1 aromatic heterocycles. The lowest BCUT2D eigenvalue weighted by atomic mass is 10.4. The van der Waals surface area contributed by atoms with Gasteiger partial charge in [0.15, 0.2) is 5.96 Å². The number of nitrogens with zero attached hydrogens (tertiary/aromatic N) is 3. The lowest BCUT2D eigenvalue weighted by Gasteiger charge is -2.21. The summed E-state index contributed by atoms with van der Waals surface area (Å²) in [6, 6.07) is 1.68. The average molecular weight is 392 g/mol. The van der Waals surface area contributed by atoms with Gasteiger partial charge in [0.2, 0.25) is 0 Å². The normalized spacial score (nSPS) is 11.9. The monoisotopic (exact) mass is 392 g/mol. The number of hydrogen-bond donors (Lipinski definition) is 1. The topological polar surface area (TPSA) is 53.7 Å². The van der Waals surface area contributed by atoms with Crippen LogP contribution >= 0.6 is 24.0 Å². The van der Waals surface area contributed by atoms with Crippen LogP contribution in [0.25, 0.3) is 0 Å². The summed E-state index contributed by atoms with van der Waals surface area (Å²) in [5, 5.41) is 6.35. The molecule has 0 atom stereocenters. The summed E-state index contributed by atoms with van der Waals surface area (Å²) in [4.78, 5) is 5.55. The van der Waals surface area contributed by atoms with Crippen molar-refractivity contribution < 1.29 is 17.7 Å². The van der Waals surface area contributed by atoms with Gasteiger partial charge >= 0.3 is 6.18 Å². The van der Waals surface area contributed by atoms with E-state index < -0.39 is 12.6 Å². The zero-order valence-corrected chi connectivity index (χ0v) is 12.9. The number of guanidine groups is 1. The highest BCUT2D eigenvalue weighted by atomic mass is 127. The van der Waals surface area contributed by atoms with Crippen molar-refractivity contribution in [3.63, 3.8) is 0 Å². The van der Waals surface area contributed by atoms with E-state index in [-0.39, 0.29) is 30.5 Å². The Labute approximate surface area is 126 Å². The van der Waals surface area contributed by atoms with Crippen molar-refractivity contribution in [1.82, 2.24) is 15.4 Å². The average Bonchev–Trinajstić information content (AvgIpc) is 2.75. The first-order valence-electron chi connectivity index (χ1n) is 5.30. The highest BCUT2D eigenvalue weighted by Gasteiger charge is 2.26. The van der Waals surface area contributed by atoms with Gasteiger partial charge in [-0.1, -0.05) is 5.16 Å². The Balaban J connectivity index is 0.00000324. The third-order valence-electron chi connectivity index (χ3n) is 2.16. The smallest absolute Gasteiger partial charge is 0.364 e. The quantitative estimate of drug-likeness (QED) is 0.485. The fraction of sp³-hybridized carbons (Fsp3) is 0.600. The van der Waals surface area contributed by atoms with Crippen LogP contribution in [0.15, 0.2) is 21.8 Å². The molecule has 0 radical (unpaired) electrons. The molecular weight excluding hydrogens is 376 g/mol. The van der Waals surface area contributed by atoms with Crippen molar-refractivity contribution in [2.45, 2.75) is 19.1 Å². The minimum Gasteiger partial charge on any atom is -0.364 e. The van der Waals surface area contributed by atoms with E-state index in [9.17, 15) is 13.2 Å². The lowest BCUT2D eigenvalue weighted by molar-refractivity contribution is -0.132. The second kappa shape index (κ2) is 8.23. The van der Waals surface area contributed by atoms with Crippen molar-refractivity contribution in [3.05, 3.63) is 18.0 Å². The highest BCUT2D eigenvalue weighted by molar-refractivity contribution is 14.0. The number of alkyl halides is 3. The van der Waals surface area contributed by atoms with Crippen molar-refractivity contribution in [3.8, 4) is 0 Å². The maximum atomic E-state index is 12.0. The van der Waals surface area contributed by atoms with E-state index in [1.54, 1.807) is 18.0 Å². The molecule has 0 bridgehead atoms. The minimum atomic E-state index is -4.17. The summed E-state index contributed by atoms with van der Waals surface area (Å²) in [7, 11) is 3.22. The Bertz CT molecular complexity index is 381. The van der Waals surface area contributed by atoms with Gasteiger partial charge in [0, 0.05) is 26.7 Å². The first-order chi connectivity index (χ1) is 8.42. The van der Waals surface area contributed by atoms with E-state index in [4.69, 9.17) is 0 Å². The first kappa shape index (κ1) is 18.0. The molecule has 0 saturated heterocycles. The van der Waals surface area contributed by atoms with Crippen LogP contribution in [0, 0.1) is 0 Å². The number of aliphatic imine (C=N–C) groups is 1. The van der Waals surface area contributed by atoms with Crippen molar-refractivity contribution in [1.29, 1.82) is 0 Å². The molecule has 0 aliphatic rings. The van der Waals surface area contributed by atoms with E-state index >= 15 is 0 Å². The zero-order valence-electron chi connectivity index (χ0n) is 10.6. The van der Waals surface area contributed by atoms with Crippen LogP contribution < -0.4 is 5.32 Å². The molecule has 0 unspecified atom stereocenters. The second-order valence-corrected chi connectivity index (χ2v) is 3.69. The van der Waals surface area contributed by atoms with Gasteiger partial charge in [-0.3, -0.25) is 4.99 Å². The van der Waals surface area contributed by atoms with Crippen LogP contribution in [0.4, 0.5) is 13.2 Å². The highest BCUT2D eigenvalue weighted by Crippen LogP contribution is 2.18. The molecule has 9 heteroatoms. The number of rotatable bonds is 4. The van der Waals surface area contributed by atoms with E-state index in [1.807, 2.05) is 0 Å². The van der Waals surface area contributed by atoms with Gasteiger partial charge in [-0.15, -0.1) is 24.0 Å². The summed E-state index contributed by atoms with van der Waals surface area (Å²) >= 11 is 0. The number of nitrogens with one attached hydrogen (secondary N) is 1. The molecule has 19 heavy (non-hydrogen) atoms. The lowest BCUT2D eigenvalue weighted by Crippen LogP contribution is -2.39. The van der Waals surface area contributed by atoms with Crippen LogP contribution in [-0.4, -0.2) is 42.8 Å². The van der Waals surface area contributed by atoms with Crippen molar-refractivity contribution >= 4 is 29.9 Å². The van der Waals surface area contributed by atoms with Gasteiger partial charge in [-0.2, -0.15) is 13.2 Å². The molecule has 1 rings (SSSR count). The third kappa shape index (κ3) is 7.23. The summed E-state index contributed by atoms with van der Waals surface area (Å²) in [5.74, 6) is 0.377. The fourth-order valence-corrected chi connectivity index (χ4v) is 1.34. The molecule has 0 fully saturated rings. The summed E-state index contributed by atoms with van der Waals surface area (Å²) in [5.41, 5.74) is 0.677. The standard InChI is InChI=1S/C10H15F3N4O.HI/c1-14-9(15-5-4-10(11,12)13)17(2)7-8-3-6-18-16-8;/h3,6H,4-5,7H2,1-2H3,(H,14,15);1H. The Morgan fingerprint density at radius 2 is 2.21 bits per heavy atom. The molecule has 0 aromatic carbocycles. The zero-order chi connectivity index (χ0) is 13.6. The van der Waals surface area contributed by atoms with Crippen LogP contribution in [-0.2, 0) is 6.54 Å². The van der Waals surface area contributed by atoms with Gasteiger partial charge in [-0.25, -0.2) is 0 Å². The summed E-state index contributed by atoms with van der Waals surface area (Å²) < 4.78 is 40.7. The van der Waals surface area contributed by atoms with Gasteiger partial charge in [0.25, 0.3) is 0 Å². The molecule has 0 aliphatic carbocycles. The van der Waals surface area contributed by atoms with E-state index in [1.165, 1.54) is 13.3 Å². The Kier molecular flexibility index (Phi) is 7.79. The molecule has 5 nitrogen and oxygen atoms in total. The molecular formula is C10H16F3IN4O. The predicted octanol–water partition coefficient (Wildman–Crippen LogP) is 2.25. The van der Waals surface area contributed by atoms with E-state index in [0.29, 0.717) is 18.2 Å². The van der Waals surface area contributed by atoms with Gasteiger partial charge in [-0.05, 0) is 0 Å². The number of hydrogen-bond acceptors (Lipinski definition) is 3. The SMILES string of the molecule is CN=C(NCCC(F)(F)F)N(C)Cc1ccon1.I. The van der Waals surface area contributed by atoms with Gasteiger partial charge in [0.1, 0.15) is 12.0 Å². The maximum Gasteiger partial charge on any atom is 0.390 e. The molecule has 0 spiro atoms. The van der Waals surface area contributed by atoms with Crippen LogP contribution in [0.1, 0.15) is 12.1 Å². The van der Waals surface area contributed by atoms with Crippen LogP contribution in [0.2, 0.25) is 0 Å². The van der Waals surface area contributed by atoms with Crippen LogP contribution in [0.5, 0.6) is 0 Å². The molecule has 1 heterocycles. The fourth-order valence-electron chi connectivity index (χ4n) is 1.34. The van der Waals surface area contributed by atoms with Gasteiger partial charge in [0.05, 0.1) is 13.0 Å². The molecule has 0 aliphatic heterocycles. The first-order valence-corrected chi connectivity index (χ1v) is 5.30. The number of aromatic nitrogens is 1. The molecule has 1 aromatic rings. The molecule has 1 N–H and O–H groups in total. The predicted molar refractivity (Wildman–Crippen MR) is 75.4 cm³/mol. The Morgan fingerprint density at radius 1 is 1.53 bits per heavy atom. The van der Waals surface area contributed by atoms with E-state index in [2.05, 4.69) is 20.0 Å². The van der Waals surface area contributed by atoms with Crippen molar-refractivity contribution in [2.24, 2.45) is 4.99 Å². The Hall–Kier alpha value is -1.00. The largest absolute Gasteiger partial charge is 0.390 e. The summed E-state index contributed by atoms with van der Waals surface area (Å²) in [6.07, 6.45) is -3.64.